The van der Waals surface area contributed by atoms with Crippen LogP contribution in [0.3, 0.4) is 0 Å². The summed E-state index contributed by atoms with van der Waals surface area (Å²) in [6.45, 7) is 7.72. The summed E-state index contributed by atoms with van der Waals surface area (Å²) in [4.78, 5) is 57.1. The summed E-state index contributed by atoms with van der Waals surface area (Å²) in [6.07, 6.45) is 4.88. The first-order valence-corrected chi connectivity index (χ1v) is 13.7. The van der Waals surface area contributed by atoms with Crippen LogP contribution in [0.25, 0.3) is 0 Å². The molecule has 0 radical (unpaired) electrons. The minimum Gasteiger partial charge on any atom is -0.490 e. The van der Waals surface area contributed by atoms with Crippen molar-refractivity contribution in [1.82, 2.24) is 15.1 Å². The third-order valence-corrected chi connectivity index (χ3v) is 7.52. The molecule has 2 heterocycles. The Morgan fingerprint density at radius 2 is 1.92 bits per heavy atom. The Morgan fingerprint density at radius 3 is 2.70 bits per heavy atom. The number of amides is 5. The van der Waals surface area contributed by atoms with E-state index in [9.17, 15) is 19.2 Å². The van der Waals surface area contributed by atoms with Gasteiger partial charge in [0.05, 0.1) is 18.2 Å². The average Bonchev–Trinajstić information content (AvgIpc) is 2.88. The fourth-order valence-electron chi connectivity index (χ4n) is 5.53. The van der Waals surface area contributed by atoms with Crippen LogP contribution in [-0.2, 0) is 14.4 Å². The van der Waals surface area contributed by atoms with Gasteiger partial charge in [-0.15, -0.1) is 0 Å². The Kier molecular flexibility index (Phi) is 8.71. The van der Waals surface area contributed by atoms with Gasteiger partial charge in [0, 0.05) is 25.6 Å². The highest BCUT2D eigenvalue weighted by atomic mass is 16.5. The zero-order valence-electron chi connectivity index (χ0n) is 22.3. The van der Waals surface area contributed by atoms with E-state index < -0.39 is 0 Å². The number of ether oxygens (including phenoxy) is 1. The molecule has 1 aromatic rings. The zero-order valence-corrected chi connectivity index (χ0v) is 22.3. The molecule has 1 saturated carbocycles. The largest absolute Gasteiger partial charge is 0.490 e. The monoisotopic (exact) mass is 512 g/mol. The molecule has 0 aromatic heterocycles. The van der Waals surface area contributed by atoms with Gasteiger partial charge in [0.25, 0.3) is 0 Å². The molecule has 0 spiro atoms. The molecule has 1 saturated heterocycles. The topological polar surface area (TPSA) is 99.3 Å². The highest BCUT2D eigenvalue weighted by Gasteiger charge is 2.47. The molecule has 37 heavy (non-hydrogen) atoms. The molecular weight excluding hydrogens is 472 g/mol. The molecule has 2 fully saturated rings. The third-order valence-electron chi connectivity index (χ3n) is 7.52. The number of nitrogens with one attached hydrogen (secondary N) is 1. The number of hydrogen-bond donors (Lipinski definition) is 1. The maximum atomic E-state index is 13.6. The van der Waals surface area contributed by atoms with Crippen LogP contribution in [0.4, 0.5) is 10.5 Å². The molecule has 3 aliphatic rings. The van der Waals surface area contributed by atoms with Gasteiger partial charge in [-0.3, -0.25) is 19.3 Å². The van der Waals surface area contributed by atoms with Gasteiger partial charge in [-0.1, -0.05) is 32.8 Å². The van der Waals surface area contributed by atoms with Crippen molar-refractivity contribution in [2.24, 2.45) is 11.8 Å². The SMILES string of the molecule is Cc1ccc2c(c1)N(C(=O)CN1C(=O)N(CCCCC(=O)NCC(C)C)C(=O)C3CCCCC31)CCO2. The van der Waals surface area contributed by atoms with E-state index in [2.05, 4.69) is 5.32 Å². The number of anilines is 1. The number of imide groups is 1. The molecule has 5 amide bonds. The smallest absolute Gasteiger partial charge is 0.327 e. The Morgan fingerprint density at radius 1 is 1.14 bits per heavy atom. The normalized spacial score (nSPS) is 21.5. The maximum absolute atomic E-state index is 13.6. The standard InChI is InChI=1S/C28H40N4O5/c1-19(2)17-29-25(33)10-6-7-13-31-27(35)21-8-4-5-9-22(21)32(28(31)36)18-26(34)30-14-15-37-24-12-11-20(3)16-23(24)30/h11-12,16,19,21-22H,4-10,13-15,17-18H2,1-3H3,(H,29,33). The number of unbranched alkanes of at least 4 members (excludes halogenated alkanes) is 1. The predicted molar refractivity (Wildman–Crippen MR) is 140 cm³/mol. The molecule has 2 aliphatic heterocycles. The summed E-state index contributed by atoms with van der Waals surface area (Å²) in [7, 11) is 0. The van der Waals surface area contributed by atoms with Crippen molar-refractivity contribution < 1.29 is 23.9 Å². The number of carbonyl (C=O) groups is 4. The molecule has 202 valence electrons. The molecule has 2 atom stereocenters. The molecule has 2 unspecified atom stereocenters. The van der Waals surface area contributed by atoms with E-state index in [1.54, 1.807) is 9.80 Å². The minimum atomic E-state index is -0.386. The van der Waals surface area contributed by atoms with Crippen LogP contribution < -0.4 is 15.0 Å². The van der Waals surface area contributed by atoms with E-state index in [4.69, 9.17) is 4.74 Å². The van der Waals surface area contributed by atoms with Crippen LogP contribution in [0.1, 0.15) is 64.4 Å². The van der Waals surface area contributed by atoms with E-state index in [1.165, 1.54) is 4.90 Å². The average molecular weight is 513 g/mol. The van der Waals surface area contributed by atoms with Crippen LogP contribution in [0, 0.1) is 18.8 Å². The fraction of sp³-hybridized carbons (Fsp3) is 0.643. The number of benzene rings is 1. The van der Waals surface area contributed by atoms with Crippen LogP contribution in [-0.4, -0.2) is 72.4 Å². The zero-order chi connectivity index (χ0) is 26.5. The predicted octanol–water partition coefficient (Wildman–Crippen LogP) is 3.49. The lowest BCUT2D eigenvalue weighted by Gasteiger charge is -2.47. The van der Waals surface area contributed by atoms with E-state index in [0.717, 1.165) is 36.9 Å². The number of hydrogen-bond acceptors (Lipinski definition) is 5. The van der Waals surface area contributed by atoms with Crippen molar-refractivity contribution in [2.75, 3.05) is 37.7 Å². The lowest BCUT2D eigenvalue weighted by atomic mass is 9.81. The summed E-state index contributed by atoms with van der Waals surface area (Å²) < 4.78 is 5.73. The molecule has 9 nitrogen and oxygen atoms in total. The molecular formula is C28H40N4O5. The summed E-state index contributed by atoms with van der Waals surface area (Å²) in [5, 5.41) is 2.90. The number of fused-ring (bicyclic) bond motifs is 2. The van der Waals surface area contributed by atoms with Crippen molar-refractivity contribution in [2.45, 2.75) is 71.8 Å². The van der Waals surface area contributed by atoms with Gasteiger partial charge in [0.1, 0.15) is 18.9 Å². The van der Waals surface area contributed by atoms with Gasteiger partial charge in [0.15, 0.2) is 0 Å². The molecule has 1 N–H and O–H groups in total. The first-order chi connectivity index (χ1) is 17.8. The van der Waals surface area contributed by atoms with E-state index >= 15 is 0 Å². The van der Waals surface area contributed by atoms with Crippen LogP contribution in [0.2, 0.25) is 0 Å². The van der Waals surface area contributed by atoms with Crippen LogP contribution >= 0.6 is 0 Å². The number of aryl methyl sites for hydroxylation is 1. The van der Waals surface area contributed by atoms with Crippen molar-refractivity contribution in [1.29, 1.82) is 0 Å². The van der Waals surface area contributed by atoms with Gasteiger partial charge < -0.3 is 19.9 Å². The minimum absolute atomic E-state index is 0.00871. The first-order valence-electron chi connectivity index (χ1n) is 13.7. The van der Waals surface area contributed by atoms with E-state index in [-0.39, 0.29) is 48.8 Å². The molecule has 1 aromatic carbocycles. The van der Waals surface area contributed by atoms with E-state index in [1.807, 2.05) is 39.0 Å². The number of carbonyl (C=O) groups excluding carboxylic acids is 4. The van der Waals surface area contributed by atoms with Crippen LogP contribution in [0.15, 0.2) is 18.2 Å². The van der Waals surface area contributed by atoms with Crippen molar-refractivity contribution >= 4 is 29.4 Å². The number of nitrogens with zero attached hydrogens (tertiary/aromatic N) is 3. The van der Waals surface area contributed by atoms with Crippen molar-refractivity contribution in [3.8, 4) is 5.75 Å². The number of urea groups is 1. The molecule has 1 aliphatic carbocycles. The summed E-state index contributed by atoms with van der Waals surface area (Å²) >= 11 is 0. The van der Waals surface area contributed by atoms with Gasteiger partial charge in [-0.25, -0.2) is 4.79 Å². The second-order valence-corrected chi connectivity index (χ2v) is 10.9. The van der Waals surface area contributed by atoms with Crippen molar-refractivity contribution in [3.05, 3.63) is 23.8 Å². The van der Waals surface area contributed by atoms with Gasteiger partial charge in [-0.2, -0.15) is 0 Å². The van der Waals surface area contributed by atoms with Crippen LogP contribution in [0.5, 0.6) is 5.75 Å². The Hall–Kier alpha value is -3.10. The van der Waals surface area contributed by atoms with Gasteiger partial charge in [0.2, 0.25) is 17.7 Å². The lowest BCUT2D eigenvalue weighted by molar-refractivity contribution is -0.142. The van der Waals surface area contributed by atoms with Gasteiger partial charge >= 0.3 is 6.03 Å². The van der Waals surface area contributed by atoms with Crippen molar-refractivity contribution in [3.63, 3.8) is 0 Å². The second-order valence-electron chi connectivity index (χ2n) is 10.9. The Bertz CT molecular complexity index is 1030. The Balaban J connectivity index is 1.42. The molecule has 0 bridgehead atoms. The first kappa shape index (κ1) is 26.9. The van der Waals surface area contributed by atoms with E-state index in [0.29, 0.717) is 50.6 Å². The second kappa shape index (κ2) is 12.0. The highest BCUT2D eigenvalue weighted by Crippen LogP contribution is 2.36. The summed E-state index contributed by atoms with van der Waals surface area (Å²) in [6, 6.07) is 5.13. The summed E-state index contributed by atoms with van der Waals surface area (Å²) in [5.41, 5.74) is 1.75. The quantitative estimate of drug-likeness (QED) is 0.511. The Labute approximate surface area is 219 Å². The third kappa shape index (κ3) is 6.25. The lowest BCUT2D eigenvalue weighted by Crippen LogP contribution is -2.64. The number of rotatable bonds is 9. The molecule has 9 heteroatoms. The fourth-order valence-corrected chi connectivity index (χ4v) is 5.53. The molecule has 4 rings (SSSR count). The highest BCUT2D eigenvalue weighted by molar-refractivity contribution is 6.02. The summed E-state index contributed by atoms with van der Waals surface area (Å²) in [5.74, 6) is 0.483. The maximum Gasteiger partial charge on any atom is 0.327 e. The van der Waals surface area contributed by atoms with Gasteiger partial charge in [-0.05, 0) is 56.2 Å².